The van der Waals surface area contributed by atoms with Crippen molar-refractivity contribution in [2.75, 3.05) is 0 Å². The van der Waals surface area contributed by atoms with E-state index in [2.05, 4.69) is 9.98 Å². The van der Waals surface area contributed by atoms with Gasteiger partial charge in [0.15, 0.2) is 5.17 Å². The van der Waals surface area contributed by atoms with E-state index in [1.54, 1.807) is 18.2 Å². The molecule has 0 spiro atoms. The molecule has 1 aliphatic rings. The smallest absolute Gasteiger partial charge is 0.286 e. The Hall–Kier alpha value is -1.99. The second kappa shape index (κ2) is 5.18. The van der Waals surface area contributed by atoms with Gasteiger partial charge < -0.3 is 5.73 Å². The van der Waals surface area contributed by atoms with Crippen LogP contribution in [0.3, 0.4) is 0 Å². The number of rotatable bonds is 2. The minimum absolute atomic E-state index is 0.246. The third-order valence-corrected chi connectivity index (χ3v) is 4.25. The third kappa shape index (κ3) is 2.63. The number of amides is 1. The molecular formula is C13H8FN3OS2. The maximum absolute atomic E-state index is 12.9. The minimum atomic E-state index is -0.344. The molecule has 100 valence electrons. The fourth-order valence-corrected chi connectivity index (χ4v) is 3.09. The lowest BCUT2D eigenvalue weighted by molar-refractivity contribution is -0.113. The number of aliphatic imine (C=N–C) groups is 1. The van der Waals surface area contributed by atoms with Crippen molar-refractivity contribution in [2.24, 2.45) is 10.7 Å². The summed E-state index contributed by atoms with van der Waals surface area (Å²) in [5, 5.41) is 2.84. The predicted octanol–water partition coefficient (Wildman–Crippen LogP) is 2.88. The van der Waals surface area contributed by atoms with Gasteiger partial charge in [0.05, 0.1) is 10.6 Å². The topological polar surface area (TPSA) is 68.3 Å². The van der Waals surface area contributed by atoms with Crippen LogP contribution in [-0.4, -0.2) is 16.1 Å². The van der Waals surface area contributed by atoms with Crippen LogP contribution in [-0.2, 0) is 4.79 Å². The van der Waals surface area contributed by atoms with Crippen LogP contribution < -0.4 is 5.73 Å². The molecule has 0 fully saturated rings. The number of halogens is 1. The van der Waals surface area contributed by atoms with Crippen molar-refractivity contribution in [3.05, 3.63) is 46.1 Å². The van der Waals surface area contributed by atoms with E-state index in [0.717, 1.165) is 22.3 Å². The van der Waals surface area contributed by atoms with Crippen LogP contribution >= 0.6 is 23.1 Å². The molecule has 2 aromatic rings. The van der Waals surface area contributed by atoms with E-state index in [1.807, 2.05) is 5.38 Å². The molecule has 0 atom stereocenters. The first kappa shape index (κ1) is 13.0. The summed E-state index contributed by atoms with van der Waals surface area (Å²) in [4.78, 5) is 20.0. The van der Waals surface area contributed by atoms with Crippen LogP contribution in [0.4, 0.5) is 4.39 Å². The van der Waals surface area contributed by atoms with E-state index >= 15 is 0 Å². The number of thioether (sulfide) groups is 1. The van der Waals surface area contributed by atoms with Gasteiger partial charge in [-0.05, 0) is 42.1 Å². The molecule has 3 rings (SSSR count). The number of carbonyl (C=O) groups excluding carboxylic acids is 1. The summed E-state index contributed by atoms with van der Waals surface area (Å²) in [7, 11) is 0. The van der Waals surface area contributed by atoms with Crippen molar-refractivity contribution in [3.8, 4) is 10.6 Å². The van der Waals surface area contributed by atoms with Gasteiger partial charge in [-0.1, -0.05) is 0 Å². The van der Waals surface area contributed by atoms with Crippen molar-refractivity contribution in [3.63, 3.8) is 0 Å². The van der Waals surface area contributed by atoms with Gasteiger partial charge >= 0.3 is 0 Å². The van der Waals surface area contributed by atoms with E-state index in [1.165, 1.54) is 23.5 Å². The minimum Gasteiger partial charge on any atom is -0.378 e. The molecule has 4 nitrogen and oxygen atoms in total. The van der Waals surface area contributed by atoms with E-state index in [0.29, 0.717) is 10.6 Å². The molecule has 1 aromatic heterocycles. The Bertz CT molecular complexity index is 734. The molecule has 20 heavy (non-hydrogen) atoms. The van der Waals surface area contributed by atoms with Gasteiger partial charge in [-0.25, -0.2) is 9.37 Å². The molecule has 0 unspecified atom stereocenters. The monoisotopic (exact) mass is 305 g/mol. The zero-order valence-electron chi connectivity index (χ0n) is 10.0. The quantitative estimate of drug-likeness (QED) is 0.866. The van der Waals surface area contributed by atoms with Gasteiger partial charge in [0.25, 0.3) is 5.91 Å². The number of amidine groups is 1. The fraction of sp³-hybridized carbons (Fsp3) is 0. The van der Waals surface area contributed by atoms with Crippen LogP contribution in [0.15, 0.2) is 39.5 Å². The SMILES string of the molecule is NC1=NC(=O)/C(=C\c2csc(-c3ccc(F)cc3)n2)S1. The van der Waals surface area contributed by atoms with Gasteiger partial charge in [-0.3, -0.25) is 4.79 Å². The van der Waals surface area contributed by atoms with E-state index in [4.69, 9.17) is 5.73 Å². The maximum atomic E-state index is 12.9. The first-order chi connectivity index (χ1) is 9.61. The number of thiazole rings is 1. The molecule has 2 N–H and O–H groups in total. The number of nitrogens with two attached hydrogens (primary N) is 1. The number of nitrogens with zero attached hydrogens (tertiary/aromatic N) is 2. The lowest BCUT2D eigenvalue weighted by Gasteiger charge is -1.95. The largest absolute Gasteiger partial charge is 0.378 e. The predicted molar refractivity (Wildman–Crippen MR) is 79.7 cm³/mol. The molecule has 2 heterocycles. The van der Waals surface area contributed by atoms with Crippen LogP contribution in [0.2, 0.25) is 0 Å². The Balaban J connectivity index is 1.86. The Morgan fingerprint density at radius 2 is 2.00 bits per heavy atom. The second-order valence-electron chi connectivity index (χ2n) is 3.95. The van der Waals surface area contributed by atoms with E-state index < -0.39 is 0 Å². The fourth-order valence-electron chi connectivity index (χ4n) is 1.64. The molecule has 0 aliphatic carbocycles. The first-order valence-corrected chi connectivity index (χ1v) is 7.31. The molecule has 1 aliphatic heterocycles. The summed E-state index contributed by atoms with van der Waals surface area (Å²) < 4.78 is 12.9. The lowest BCUT2D eigenvalue weighted by atomic mass is 10.2. The molecular weight excluding hydrogens is 297 g/mol. The third-order valence-electron chi connectivity index (χ3n) is 2.53. The highest BCUT2D eigenvalue weighted by atomic mass is 32.2. The van der Waals surface area contributed by atoms with Crippen LogP contribution in [0.25, 0.3) is 16.6 Å². The highest BCUT2D eigenvalue weighted by molar-refractivity contribution is 8.18. The van der Waals surface area contributed by atoms with Crippen molar-refractivity contribution in [2.45, 2.75) is 0 Å². The zero-order valence-corrected chi connectivity index (χ0v) is 11.7. The van der Waals surface area contributed by atoms with Crippen molar-refractivity contribution >= 4 is 40.2 Å². The second-order valence-corrected chi connectivity index (χ2v) is 5.87. The highest BCUT2D eigenvalue weighted by Gasteiger charge is 2.19. The van der Waals surface area contributed by atoms with Crippen LogP contribution in [0, 0.1) is 5.82 Å². The molecule has 0 bridgehead atoms. The Labute approximate surface area is 122 Å². The van der Waals surface area contributed by atoms with Gasteiger partial charge in [0.1, 0.15) is 10.8 Å². The summed E-state index contributed by atoms with van der Waals surface area (Å²) in [6.07, 6.45) is 1.65. The normalized spacial score (nSPS) is 16.8. The Kier molecular flexibility index (Phi) is 3.37. The zero-order chi connectivity index (χ0) is 14.1. The summed E-state index contributed by atoms with van der Waals surface area (Å²) in [6, 6.07) is 6.11. The number of benzene rings is 1. The average molecular weight is 305 g/mol. The van der Waals surface area contributed by atoms with Gasteiger partial charge in [0.2, 0.25) is 0 Å². The first-order valence-electron chi connectivity index (χ1n) is 5.61. The van der Waals surface area contributed by atoms with Crippen molar-refractivity contribution in [1.82, 2.24) is 4.98 Å². The van der Waals surface area contributed by atoms with Crippen molar-refractivity contribution in [1.29, 1.82) is 0 Å². The number of hydrogen-bond acceptors (Lipinski definition) is 5. The van der Waals surface area contributed by atoms with Crippen LogP contribution in [0.1, 0.15) is 5.69 Å². The van der Waals surface area contributed by atoms with E-state index in [-0.39, 0.29) is 16.9 Å². The molecule has 0 saturated carbocycles. The lowest BCUT2D eigenvalue weighted by Crippen LogP contribution is -2.01. The van der Waals surface area contributed by atoms with Gasteiger partial charge in [-0.2, -0.15) is 4.99 Å². The summed E-state index contributed by atoms with van der Waals surface area (Å²) >= 11 is 2.56. The Morgan fingerprint density at radius 1 is 1.25 bits per heavy atom. The van der Waals surface area contributed by atoms with Gasteiger partial charge in [0, 0.05) is 10.9 Å². The number of carbonyl (C=O) groups is 1. The summed E-state index contributed by atoms with van der Waals surface area (Å²) in [5.74, 6) is -0.628. The molecule has 1 amide bonds. The number of hydrogen-bond donors (Lipinski definition) is 1. The van der Waals surface area contributed by atoms with Crippen LogP contribution in [0.5, 0.6) is 0 Å². The summed E-state index contributed by atoms with van der Waals surface area (Å²) in [6.45, 7) is 0. The standard InChI is InChI=1S/C13H8FN3OS2/c14-8-3-1-7(2-4-8)12-16-9(6-19-12)5-10-11(18)17-13(15)20-10/h1-6H,(H2,15,17,18)/b10-5+. The molecule has 0 radical (unpaired) electrons. The van der Waals surface area contributed by atoms with E-state index in [9.17, 15) is 9.18 Å². The average Bonchev–Trinajstić information content (AvgIpc) is 2.98. The molecule has 1 aromatic carbocycles. The summed E-state index contributed by atoms with van der Waals surface area (Å²) in [5.41, 5.74) is 6.98. The number of aromatic nitrogens is 1. The van der Waals surface area contributed by atoms with Crippen molar-refractivity contribution < 1.29 is 9.18 Å². The molecule has 0 saturated heterocycles. The maximum Gasteiger partial charge on any atom is 0.286 e. The van der Waals surface area contributed by atoms with Gasteiger partial charge in [-0.15, -0.1) is 11.3 Å². The Morgan fingerprint density at radius 3 is 2.65 bits per heavy atom. The highest BCUT2D eigenvalue weighted by Crippen LogP contribution is 2.29. The molecule has 7 heteroatoms.